The van der Waals surface area contributed by atoms with Crippen molar-refractivity contribution in [2.45, 2.75) is 23.3 Å². The number of hydrogen-bond donors (Lipinski definition) is 0. The smallest absolute Gasteiger partial charge is 0.288 e. The number of likely N-dealkylation sites (N-methyl/N-ethyl adjacent to an activating group) is 1. The van der Waals surface area contributed by atoms with Crippen LogP contribution in [0.15, 0.2) is 53.4 Å². The first-order valence-corrected chi connectivity index (χ1v) is 9.07. The number of halogens is 2. The third-order valence-electron chi connectivity index (χ3n) is 4.10. The molecule has 7 heteroatoms. The number of fused-ring (bicyclic) bond motifs is 1. The van der Waals surface area contributed by atoms with Crippen LogP contribution in [0.5, 0.6) is 5.75 Å². The van der Waals surface area contributed by atoms with E-state index in [0.29, 0.717) is 35.5 Å². The largest absolute Gasteiger partial charge is 0.477 e. The van der Waals surface area contributed by atoms with Crippen LogP contribution in [0.1, 0.15) is 5.56 Å². The second-order valence-electron chi connectivity index (χ2n) is 6.21. The maximum atomic E-state index is 12.4. The summed E-state index contributed by atoms with van der Waals surface area (Å²) in [7, 11) is 3.41. The maximum Gasteiger partial charge on any atom is 0.288 e. The van der Waals surface area contributed by atoms with E-state index in [1.54, 1.807) is 26.2 Å². The quantitative estimate of drug-likeness (QED) is 0.740. The lowest BCUT2D eigenvalue weighted by molar-refractivity contribution is -0.136. The van der Waals surface area contributed by atoms with Gasteiger partial charge in [0.2, 0.25) is 0 Å². The van der Waals surface area contributed by atoms with Gasteiger partial charge in [0.1, 0.15) is 5.75 Å². The number of carbonyl (C=O) groups excluding carboxylic acids is 1. The Morgan fingerprint density at radius 3 is 2.58 bits per heavy atom. The summed E-state index contributed by atoms with van der Waals surface area (Å²) in [5, 5.41) is 0. The molecule has 0 spiro atoms. The molecule has 1 aliphatic rings. The molecule has 2 aromatic rings. The number of amides is 1. The number of alkyl halides is 2. The van der Waals surface area contributed by atoms with Crippen molar-refractivity contribution in [2.24, 2.45) is 0 Å². The Bertz CT molecular complexity index is 768. The topological polar surface area (TPSA) is 32.8 Å². The predicted molar refractivity (Wildman–Crippen MR) is 98.9 cm³/mol. The Morgan fingerprint density at radius 2 is 1.92 bits per heavy atom. The van der Waals surface area contributed by atoms with Crippen LogP contribution in [0.2, 0.25) is 0 Å². The number of carbonyl (C=O) groups is 1. The summed E-state index contributed by atoms with van der Waals surface area (Å²) in [6.45, 7) is 0.999. The van der Waals surface area contributed by atoms with Gasteiger partial charge in [0.05, 0.1) is 12.2 Å². The molecule has 0 unspecified atom stereocenters. The number of thioether (sulfide) groups is 1. The molecule has 1 amide bonds. The van der Waals surface area contributed by atoms with Gasteiger partial charge in [-0.3, -0.25) is 4.79 Å². The number of anilines is 1. The maximum absolute atomic E-state index is 12.4. The van der Waals surface area contributed by atoms with Crippen LogP contribution in [-0.4, -0.2) is 43.3 Å². The summed E-state index contributed by atoms with van der Waals surface area (Å²) in [5.41, 5.74) is 1.90. The van der Waals surface area contributed by atoms with Crippen molar-refractivity contribution < 1.29 is 18.3 Å². The summed E-state index contributed by atoms with van der Waals surface area (Å²) in [6, 6.07) is 14.7. The molecule has 0 fully saturated rings. The van der Waals surface area contributed by atoms with E-state index in [0.717, 1.165) is 11.3 Å². The molecule has 26 heavy (non-hydrogen) atoms. The minimum Gasteiger partial charge on any atom is -0.477 e. The van der Waals surface area contributed by atoms with Crippen molar-refractivity contribution >= 4 is 23.4 Å². The van der Waals surface area contributed by atoms with Crippen molar-refractivity contribution in [3.05, 3.63) is 54.1 Å². The number of ether oxygens (including phenoxy) is 1. The molecule has 0 radical (unpaired) electrons. The first kappa shape index (κ1) is 18.5. The number of rotatable bonds is 5. The Morgan fingerprint density at radius 1 is 1.23 bits per heavy atom. The molecule has 0 bridgehead atoms. The lowest BCUT2D eigenvalue weighted by Crippen LogP contribution is -2.48. The Labute approximate surface area is 155 Å². The van der Waals surface area contributed by atoms with Gasteiger partial charge < -0.3 is 14.5 Å². The minimum atomic E-state index is -2.43. The molecular formula is C19H20F2N2O2S. The molecule has 0 aromatic heterocycles. The van der Waals surface area contributed by atoms with E-state index in [4.69, 9.17) is 4.74 Å². The monoisotopic (exact) mass is 378 g/mol. The zero-order valence-electron chi connectivity index (χ0n) is 14.6. The highest BCUT2D eigenvalue weighted by Gasteiger charge is 2.31. The van der Waals surface area contributed by atoms with E-state index in [9.17, 15) is 13.6 Å². The van der Waals surface area contributed by atoms with E-state index >= 15 is 0 Å². The molecule has 1 aliphatic heterocycles. The van der Waals surface area contributed by atoms with E-state index < -0.39 is 11.9 Å². The van der Waals surface area contributed by atoms with Crippen molar-refractivity contribution in [1.82, 2.24) is 4.90 Å². The van der Waals surface area contributed by atoms with Gasteiger partial charge in [0.15, 0.2) is 6.10 Å². The number of para-hydroxylation sites is 2. The van der Waals surface area contributed by atoms with Gasteiger partial charge in [-0.25, -0.2) is 0 Å². The molecule has 2 aromatic carbocycles. The fourth-order valence-corrected chi connectivity index (χ4v) is 3.37. The van der Waals surface area contributed by atoms with E-state index in [-0.39, 0.29) is 5.91 Å². The molecule has 0 N–H and O–H groups in total. The fraction of sp³-hybridized carbons (Fsp3) is 0.316. The minimum absolute atomic E-state index is 0.0896. The van der Waals surface area contributed by atoms with Crippen molar-refractivity contribution in [3.8, 4) is 5.75 Å². The highest BCUT2D eigenvalue weighted by Crippen LogP contribution is 2.34. The average Bonchev–Trinajstić information content (AvgIpc) is 2.62. The molecule has 3 rings (SSSR count). The molecular weight excluding hydrogens is 358 g/mol. The Kier molecular flexibility index (Phi) is 5.66. The number of nitrogens with zero attached hydrogens (tertiary/aromatic N) is 2. The third kappa shape index (κ3) is 4.27. The van der Waals surface area contributed by atoms with Crippen LogP contribution < -0.4 is 9.64 Å². The van der Waals surface area contributed by atoms with Crippen LogP contribution in [0.25, 0.3) is 0 Å². The van der Waals surface area contributed by atoms with Gasteiger partial charge >= 0.3 is 0 Å². The SMILES string of the molecule is CN(C)C(=O)[C@H]1CN(Cc2ccc(SC(F)F)cc2)c2ccccc2O1. The van der Waals surface area contributed by atoms with Crippen molar-refractivity contribution in [3.63, 3.8) is 0 Å². The first-order chi connectivity index (χ1) is 12.4. The van der Waals surface area contributed by atoms with Gasteiger partial charge in [-0.2, -0.15) is 8.78 Å². The normalized spacial score (nSPS) is 16.2. The average molecular weight is 378 g/mol. The zero-order valence-corrected chi connectivity index (χ0v) is 15.4. The highest BCUT2D eigenvalue weighted by molar-refractivity contribution is 7.99. The van der Waals surface area contributed by atoms with E-state index in [1.807, 2.05) is 36.4 Å². The van der Waals surface area contributed by atoms with Crippen molar-refractivity contribution in [2.75, 3.05) is 25.5 Å². The molecule has 4 nitrogen and oxygen atoms in total. The van der Waals surface area contributed by atoms with Gasteiger partial charge in [-0.15, -0.1) is 0 Å². The number of hydrogen-bond acceptors (Lipinski definition) is 4. The van der Waals surface area contributed by atoms with Crippen LogP contribution in [0, 0.1) is 0 Å². The van der Waals surface area contributed by atoms with E-state index in [2.05, 4.69) is 4.90 Å². The standard InChI is InChI=1S/C19H20F2N2O2S/c1-22(2)18(24)17-12-23(15-5-3-4-6-16(15)25-17)11-13-7-9-14(10-8-13)26-19(20)21/h3-10,17,19H,11-12H2,1-2H3/t17-/m1/s1. The van der Waals surface area contributed by atoms with E-state index in [1.165, 1.54) is 4.90 Å². The van der Waals surface area contributed by atoms with Gasteiger partial charge in [0.25, 0.3) is 11.7 Å². The summed E-state index contributed by atoms with van der Waals surface area (Å²) < 4.78 is 30.8. The Balaban J connectivity index is 1.80. The third-order valence-corrected chi connectivity index (χ3v) is 4.82. The molecule has 0 aliphatic carbocycles. The van der Waals surface area contributed by atoms with Crippen molar-refractivity contribution in [1.29, 1.82) is 0 Å². The Hall–Kier alpha value is -2.28. The van der Waals surface area contributed by atoms with Crippen LogP contribution in [-0.2, 0) is 11.3 Å². The molecule has 138 valence electrons. The predicted octanol–water partition coefficient (Wildman–Crippen LogP) is 3.86. The molecule has 0 saturated heterocycles. The summed E-state index contributed by atoms with van der Waals surface area (Å²) in [5.74, 6) is -1.85. The summed E-state index contributed by atoms with van der Waals surface area (Å²) in [4.78, 5) is 16.5. The van der Waals surface area contributed by atoms with Crippen LogP contribution in [0.4, 0.5) is 14.5 Å². The van der Waals surface area contributed by atoms with Gasteiger partial charge in [-0.1, -0.05) is 36.0 Å². The van der Waals surface area contributed by atoms with Gasteiger partial charge in [-0.05, 0) is 29.8 Å². The second-order valence-corrected chi connectivity index (χ2v) is 7.27. The van der Waals surface area contributed by atoms with Crippen LogP contribution in [0.3, 0.4) is 0 Å². The lowest BCUT2D eigenvalue weighted by Gasteiger charge is -2.36. The van der Waals surface area contributed by atoms with Crippen LogP contribution >= 0.6 is 11.8 Å². The second kappa shape index (κ2) is 7.95. The lowest BCUT2D eigenvalue weighted by atomic mass is 10.1. The van der Waals surface area contributed by atoms with Gasteiger partial charge in [0, 0.05) is 25.5 Å². The highest BCUT2D eigenvalue weighted by atomic mass is 32.2. The first-order valence-electron chi connectivity index (χ1n) is 8.19. The summed E-state index contributed by atoms with van der Waals surface area (Å²) >= 11 is 0.532. The molecule has 0 saturated carbocycles. The summed E-state index contributed by atoms with van der Waals surface area (Å²) in [6.07, 6.45) is -0.575. The molecule has 1 heterocycles. The zero-order chi connectivity index (χ0) is 18.7. The molecule has 1 atom stereocenters. The fourth-order valence-electron chi connectivity index (χ4n) is 2.87. The number of benzene rings is 2.